The molecule has 0 radical (unpaired) electrons. The molecule has 0 aromatic heterocycles. The summed E-state index contributed by atoms with van der Waals surface area (Å²) >= 11 is 0. The molecule has 1 saturated heterocycles. The van der Waals surface area contributed by atoms with Crippen LogP contribution in [0.4, 0.5) is 0 Å². The summed E-state index contributed by atoms with van der Waals surface area (Å²) in [4.78, 5) is 27.9. The molecule has 4 aliphatic rings. The number of rotatable bonds is 4. The van der Waals surface area contributed by atoms with Crippen LogP contribution in [-0.4, -0.2) is 35.0 Å². The summed E-state index contributed by atoms with van der Waals surface area (Å²) in [7, 11) is 0. The van der Waals surface area contributed by atoms with E-state index in [1.807, 2.05) is 24.3 Å². The van der Waals surface area contributed by atoms with Gasteiger partial charge >= 0.3 is 0 Å². The predicted molar refractivity (Wildman–Crippen MR) is 96.6 cm³/mol. The van der Waals surface area contributed by atoms with Gasteiger partial charge < -0.3 is 5.11 Å². The Morgan fingerprint density at radius 2 is 1.15 bits per heavy atom. The Kier molecular flexibility index (Phi) is 3.50. The van der Waals surface area contributed by atoms with Gasteiger partial charge in [0.15, 0.2) is 0 Å². The van der Waals surface area contributed by atoms with Crippen LogP contribution in [0.25, 0.3) is 0 Å². The Morgan fingerprint density at radius 3 is 1.54 bits per heavy atom. The van der Waals surface area contributed by atoms with Gasteiger partial charge in [-0.25, -0.2) is 0 Å². The van der Waals surface area contributed by atoms with Crippen LogP contribution in [0.15, 0.2) is 48.5 Å². The van der Waals surface area contributed by atoms with Gasteiger partial charge in [0, 0.05) is 25.0 Å². The normalized spacial score (nSPS) is 28.1. The molecule has 132 valence electrons. The largest absolute Gasteiger partial charge is 0.396 e. The Balaban J connectivity index is 1.64. The number of carbonyl (C=O) groups is 2. The highest BCUT2D eigenvalue weighted by atomic mass is 16.3. The zero-order valence-corrected chi connectivity index (χ0v) is 14.5. The van der Waals surface area contributed by atoms with Crippen molar-refractivity contribution < 1.29 is 14.7 Å². The van der Waals surface area contributed by atoms with Crippen molar-refractivity contribution >= 4 is 11.8 Å². The molecule has 26 heavy (non-hydrogen) atoms. The molecule has 0 saturated carbocycles. The quantitative estimate of drug-likeness (QED) is 0.683. The van der Waals surface area contributed by atoms with Crippen LogP contribution < -0.4 is 0 Å². The minimum Gasteiger partial charge on any atom is -0.396 e. The van der Waals surface area contributed by atoms with Crippen molar-refractivity contribution in [3.05, 3.63) is 70.8 Å². The first-order valence-electron chi connectivity index (χ1n) is 9.37. The molecule has 1 fully saturated rings. The molecular formula is C22H21NO3. The van der Waals surface area contributed by atoms with Gasteiger partial charge in [0.05, 0.1) is 11.8 Å². The van der Waals surface area contributed by atoms with E-state index >= 15 is 0 Å². The van der Waals surface area contributed by atoms with E-state index < -0.39 is 0 Å². The molecule has 6 rings (SSSR count). The summed E-state index contributed by atoms with van der Waals surface area (Å²) in [6.07, 6.45) is 1.27. The Morgan fingerprint density at radius 1 is 0.731 bits per heavy atom. The van der Waals surface area contributed by atoms with Crippen LogP contribution in [0, 0.1) is 11.8 Å². The topological polar surface area (TPSA) is 57.6 Å². The van der Waals surface area contributed by atoms with Crippen LogP contribution in [-0.2, 0) is 9.59 Å². The summed E-state index contributed by atoms with van der Waals surface area (Å²) in [5.41, 5.74) is 4.82. The average molecular weight is 347 g/mol. The molecule has 1 N–H and O–H groups in total. The second-order valence-electron chi connectivity index (χ2n) is 7.52. The van der Waals surface area contributed by atoms with Crippen molar-refractivity contribution in [2.75, 3.05) is 13.2 Å². The van der Waals surface area contributed by atoms with Gasteiger partial charge in [-0.2, -0.15) is 0 Å². The van der Waals surface area contributed by atoms with Crippen LogP contribution in [0.3, 0.4) is 0 Å². The predicted octanol–water partition coefficient (Wildman–Crippen LogP) is 2.65. The standard InChI is InChI=1S/C22H21NO3/c24-12-6-5-11-23-21(25)19-17-13-7-1-2-8-14(13)18(20(19)22(23)26)16-10-4-3-9-15(16)17/h1-4,7-10,17-20,24H,5-6,11-12H2/t17?,18?,19-,20-/m1/s1. The van der Waals surface area contributed by atoms with Gasteiger partial charge in [0.1, 0.15) is 0 Å². The summed E-state index contributed by atoms with van der Waals surface area (Å²) in [5, 5.41) is 9.02. The number of aliphatic hydroxyl groups excluding tert-OH is 1. The first kappa shape index (κ1) is 15.8. The van der Waals surface area contributed by atoms with Crippen molar-refractivity contribution in [1.29, 1.82) is 0 Å². The highest BCUT2D eigenvalue weighted by molar-refractivity contribution is 6.07. The summed E-state index contributed by atoms with van der Waals surface area (Å²) in [6, 6.07) is 16.6. The van der Waals surface area contributed by atoms with E-state index in [4.69, 9.17) is 5.11 Å². The SMILES string of the molecule is O=C1[C@@H]2C3c4ccccc4C(c4ccccc43)[C@H]2C(=O)N1CCCCO. The molecule has 4 heteroatoms. The third-order valence-corrected chi connectivity index (χ3v) is 6.33. The third-order valence-electron chi connectivity index (χ3n) is 6.33. The Bertz CT molecular complexity index is 790. The first-order valence-corrected chi connectivity index (χ1v) is 9.37. The van der Waals surface area contributed by atoms with E-state index in [2.05, 4.69) is 24.3 Å². The summed E-state index contributed by atoms with van der Waals surface area (Å²) in [6.45, 7) is 0.503. The molecule has 2 atom stereocenters. The van der Waals surface area contributed by atoms with Gasteiger partial charge in [0.25, 0.3) is 0 Å². The minimum atomic E-state index is -0.286. The number of unbranched alkanes of at least 4 members (excludes halogenated alkanes) is 1. The Hall–Kier alpha value is -2.46. The fourth-order valence-electron chi connectivity index (χ4n) is 5.34. The van der Waals surface area contributed by atoms with E-state index in [9.17, 15) is 9.59 Å². The highest BCUT2D eigenvalue weighted by Crippen LogP contribution is 2.60. The third kappa shape index (κ3) is 1.93. The number of hydrogen-bond donors (Lipinski definition) is 1. The fourth-order valence-corrected chi connectivity index (χ4v) is 5.34. The van der Waals surface area contributed by atoms with Crippen molar-refractivity contribution in [1.82, 2.24) is 4.90 Å². The minimum absolute atomic E-state index is 0.0306. The van der Waals surface area contributed by atoms with E-state index in [-0.39, 0.29) is 42.1 Å². The van der Waals surface area contributed by atoms with E-state index in [1.165, 1.54) is 27.2 Å². The fraction of sp³-hybridized carbons (Fsp3) is 0.364. The van der Waals surface area contributed by atoms with Crippen LogP contribution in [0.1, 0.15) is 46.9 Å². The monoisotopic (exact) mass is 347 g/mol. The zero-order valence-electron chi connectivity index (χ0n) is 14.5. The number of imide groups is 1. The Labute approximate surface area is 152 Å². The smallest absolute Gasteiger partial charge is 0.234 e. The van der Waals surface area contributed by atoms with Crippen LogP contribution >= 0.6 is 0 Å². The van der Waals surface area contributed by atoms with Crippen molar-refractivity contribution in [2.45, 2.75) is 24.7 Å². The molecule has 2 bridgehead atoms. The molecule has 2 amide bonds. The second kappa shape index (κ2) is 5.78. The number of hydrogen-bond acceptors (Lipinski definition) is 3. The number of benzene rings is 2. The number of aliphatic hydroxyl groups is 1. The van der Waals surface area contributed by atoms with Crippen molar-refractivity contribution in [3.63, 3.8) is 0 Å². The van der Waals surface area contributed by atoms with Gasteiger partial charge in [-0.15, -0.1) is 0 Å². The lowest BCUT2D eigenvalue weighted by molar-refractivity contribution is -0.140. The van der Waals surface area contributed by atoms with Gasteiger partial charge in [0.2, 0.25) is 11.8 Å². The molecule has 4 nitrogen and oxygen atoms in total. The lowest BCUT2D eigenvalue weighted by atomic mass is 9.55. The highest BCUT2D eigenvalue weighted by Gasteiger charge is 2.61. The summed E-state index contributed by atoms with van der Waals surface area (Å²) in [5.74, 6) is -0.694. The van der Waals surface area contributed by atoms with Crippen LogP contribution in [0.5, 0.6) is 0 Å². The van der Waals surface area contributed by atoms with Crippen molar-refractivity contribution in [2.24, 2.45) is 11.8 Å². The maximum Gasteiger partial charge on any atom is 0.234 e. The number of likely N-dealkylation sites (tertiary alicyclic amines) is 1. The molecule has 1 heterocycles. The van der Waals surface area contributed by atoms with E-state index in [1.54, 1.807) is 0 Å². The van der Waals surface area contributed by atoms with E-state index in [0.717, 1.165) is 0 Å². The maximum atomic E-state index is 13.2. The molecule has 0 spiro atoms. The van der Waals surface area contributed by atoms with Gasteiger partial charge in [-0.1, -0.05) is 48.5 Å². The molecule has 1 aliphatic heterocycles. The molecule has 0 unspecified atom stereocenters. The summed E-state index contributed by atoms with van der Waals surface area (Å²) < 4.78 is 0. The average Bonchev–Trinajstić information content (AvgIpc) is 2.93. The molecule has 2 aromatic rings. The van der Waals surface area contributed by atoms with Gasteiger partial charge in [-0.3, -0.25) is 14.5 Å². The number of nitrogens with zero attached hydrogens (tertiary/aromatic N) is 1. The molecule has 2 aromatic carbocycles. The molecule has 3 aliphatic carbocycles. The molecular weight excluding hydrogens is 326 g/mol. The van der Waals surface area contributed by atoms with Gasteiger partial charge in [-0.05, 0) is 35.1 Å². The maximum absolute atomic E-state index is 13.2. The number of amides is 2. The lowest BCUT2D eigenvalue weighted by Gasteiger charge is -2.45. The number of carbonyl (C=O) groups excluding carboxylic acids is 2. The van der Waals surface area contributed by atoms with Crippen molar-refractivity contribution in [3.8, 4) is 0 Å². The first-order chi connectivity index (χ1) is 12.7. The lowest BCUT2D eigenvalue weighted by Crippen LogP contribution is -2.41. The second-order valence-corrected chi connectivity index (χ2v) is 7.52. The van der Waals surface area contributed by atoms with Crippen LogP contribution in [0.2, 0.25) is 0 Å². The zero-order chi connectivity index (χ0) is 17.8. The van der Waals surface area contributed by atoms with E-state index in [0.29, 0.717) is 19.4 Å².